The van der Waals surface area contributed by atoms with Gasteiger partial charge >= 0.3 is 5.97 Å². The Labute approximate surface area is 176 Å². The maximum atomic E-state index is 12.9. The van der Waals surface area contributed by atoms with Crippen LogP contribution in [0.25, 0.3) is 6.08 Å². The summed E-state index contributed by atoms with van der Waals surface area (Å²) < 4.78 is 29.0. The minimum Gasteiger partial charge on any atom is -0.452 e. The number of hydrogen-bond acceptors (Lipinski definition) is 5. The predicted molar refractivity (Wildman–Crippen MR) is 112 cm³/mol. The average Bonchev–Trinajstić information content (AvgIpc) is 3.06. The summed E-state index contributed by atoms with van der Waals surface area (Å²) in [7, 11) is -3.11. The first-order valence-electron chi connectivity index (χ1n) is 9.96. The zero-order valence-electron chi connectivity index (χ0n) is 16.3. The fourth-order valence-electron chi connectivity index (χ4n) is 4.05. The second-order valence-corrected chi connectivity index (χ2v) is 10.3. The molecule has 2 aliphatic rings. The van der Waals surface area contributed by atoms with E-state index < -0.39 is 15.8 Å². The van der Waals surface area contributed by atoms with Crippen LogP contribution < -0.4 is 0 Å². The van der Waals surface area contributed by atoms with Crippen molar-refractivity contribution < 1.29 is 22.7 Å². The van der Waals surface area contributed by atoms with Gasteiger partial charge in [-0.25, -0.2) is 13.2 Å². The van der Waals surface area contributed by atoms with Crippen molar-refractivity contribution in [1.29, 1.82) is 0 Å². The topological polar surface area (TPSA) is 80.8 Å². The summed E-state index contributed by atoms with van der Waals surface area (Å²) in [4.78, 5) is 26.6. The van der Waals surface area contributed by atoms with Crippen molar-refractivity contribution in [2.24, 2.45) is 0 Å². The van der Waals surface area contributed by atoms with Crippen molar-refractivity contribution in [2.45, 2.75) is 50.6 Å². The van der Waals surface area contributed by atoms with E-state index in [-0.39, 0.29) is 36.1 Å². The molecule has 6 nitrogen and oxygen atoms in total. The molecule has 1 heterocycles. The van der Waals surface area contributed by atoms with Gasteiger partial charge in [0.2, 0.25) is 0 Å². The molecule has 1 saturated heterocycles. The van der Waals surface area contributed by atoms with E-state index >= 15 is 0 Å². The number of amides is 1. The number of benzene rings is 1. The quantitative estimate of drug-likeness (QED) is 0.502. The summed E-state index contributed by atoms with van der Waals surface area (Å²) in [5, 5.41) is 0.604. The summed E-state index contributed by atoms with van der Waals surface area (Å²) in [6.07, 6.45) is 8.22. The highest BCUT2D eigenvalue weighted by Crippen LogP contribution is 2.28. The van der Waals surface area contributed by atoms with Crippen LogP contribution in [-0.4, -0.2) is 55.4 Å². The molecule has 1 aromatic rings. The highest BCUT2D eigenvalue weighted by Gasteiger charge is 2.38. The molecule has 1 saturated carbocycles. The first-order valence-corrected chi connectivity index (χ1v) is 12.2. The van der Waals surface area contributed by atoms with Gasteiger partial charge in [-0.2, -0.15) is 0 Å². The highest BCUT2D eigenvalue weighted by molar-refractivity contribution is 7.91. The molecule has 3 rings (SSSR count). The van der Waals surface area contributed by atoms with Gasteiger partial charge in [-0.15, -0.1) is 0 Å². The van der Waals surface area contributed by atoms with Gasteiger partial charge in [0.05, 0.1) is 11.5 Å². The van der Waals surface area contributed by atoms with E-state index in [1.54, 1.807) is 35.2 Å². The molecule has 1 aromatic carbocycles. The maximum Gasteiger partial charge on any atom is 0.331 e. The molecule has 1 aliphatic carbocycles. The Morgan fingerprint density at radius 1 is 1.07 bits per heavy atom. The molecule has 1 aliphatic heterocycles. The standard InChI is InChI=1S/C21H26ClNO5S/c22-17-9-6-16(7-10-17)8-11-21(25)28-14-20(24)23(18-4-2-1-3-5-18)19-12-13-29(26,27)15-19/h6-11,18-19H,1-5,12-15H2/b11-8+. The molecule has 1 unspecified atom stereocenters. The second kappa shape index (κ2) is 9.76. The van der Waals surface area contributed by atoms with E-state index in [0.717, 1.165) is 37.7 Å². The van der Waals surface area contributed by atoms with E-state index in [4.69, 9.17) is 16.3 Å². The Hall–Kier alpha value is -1.86. The molecule has 29 heavy (non-hydrogen) atoms. The van der Waals surface area contributed by atoms with Crippen molar-refractivity contribution in [3.8, 4) is 0 Å². The lowest BCUT2D eigenvalue weighted by atomic mass is 9.93. The third-order valence-electron chi connectivity index (χ3n) is 5.48. The molecule has 0 bridgehead atoms. The molecule has 158 valence electrons. The molecule has 0 spiro atoms. The van der Waals surface area contributed by atoms with Crippen molar-refractivity contribution >= 4 is 39.4 Å². The molecule has 0 radical (unpaired) electrons. The lowest BCUT2D eigenvalue weighted by Crippen LogP contribution is -2.50. The fraction of sp³-hybridized carbons (Fsp3) is 0.524. The predicted octanol–water partition coefficient (Wildman–Crippen LogP) is 3.24. The van der Waals surface area contributed by atoms with Crippen LogP contribution in [-0.2, 0) is 24.2 Å². The van der Waals surface area contributed by atoms with Gasteiger partial charge in [0.15, 0.2) is 16.4 Å². The van der Waals surface area contributed by atoms with E-state index in [2.05, 4.69) is 0 Å². The maximum absolute atomic E-state index is 12.9. The largest absolute Gasteiger partial charge is 0.452 e. The van der Waals surface area contributed by atoms with Gasteiger partial charge in [0.25, 0.3) is 5.91 Å². The minimum absolute atomic E-state index is 0.000341. The molecule has 1 atom stereocenters. The van der Waals surface area contributed by atoms with Crippen LogP contribution in [0.3, 0.4) is 0 Å². The number of carbonyl (C=O) groups excluding carboxylic acids is 2. The number of esters is 1. The van der Waals surface area contributed by atoms with Crippen LogP contribution in [0.4, 0.5) is 0 Å². The second-order valence-electron chi connectivity index (χ2n) is 7.64. The summed E-state index contributed by atoms with van der Waals surface area (Å²) in [5.41, 5.74) is 0.790. The van der Waals surface area contributed by atoms with Gasteiger partial charge in [-0.1, -0.05) is 43.0 Å². The smallest absolute Gasteiger partial charge is 0.331 e. The molecular weight excluding hydrogens is 414 g/mol. The zero-order valence-corrected chi connectivity index (χ0v) is 17.8. The minimum atomic E-state index is -3.11. The van der Waals surface area contributed by atoms with Crippen molar-refractivity contribution in [3.05, 3.63) is 40.9 Å². The Kier molecular flexibility index (Phi) is 7.35. The molecule has 1 amide bonds. The van der Waals surface area contributed by atoms with E-state index in [0.29, 0.717) is 11.4 Å². The summed E-state index contributed by atoms with van der Waals surface area (Å²) in [6, 6.07) is 6.67. The Morgan fingerprint density at radius 2 is 1.76 bits per heavy atom. The SMILES string of the molecule is O=C(/C=C/c1ccc(Cl)cc1)OCC(=O)N(C1CCCCC1)C1CCS(=O)(=O)C1. The number of nitrogens with zero attached hydrogens (tertiary/aromatic N) is 1. The number of halogens is 1. The Morgan fingerprint density at radius 3 is 2.38 bits per heavy atom. The van der Waals surface area contributed by atoms with Crippen LogP contribution >= 0.6 is 11.6 Å². The van der Waals surface area contributed by atoms with Crippen molar-refractivity contribution in [2.75, 3.05) is 18.1 Å². The Balaban J connectivity index is 1.60. The van der Waals surface area contributed by atoms with Crippen LogP contribution in [0.1, 0.15) is 44.1 Å². The molecule has 0 N–H and O–H groups in total. The number of hydrogen-bond donors (Lipinski definition) is 0. The van der Waals surface area contributed by atoms with Crippen LogP contribution in [0.5, 0.6) is 0 Å². The highest BCUT2D eigenvalue weighted by atomic mass is 35.5. The lowest BCUT2D eigenvalue weighted by molar-refractivity contribution is -0.151. The molecular formula is C21H26ClNO5S. The van der Waals surface area contributed by atoms with Gasteiger partial charge < -0.3 is 9.64 Å². The fourth-order valence-corrected chi connectivity index (χ4v) is 5.89. The number of ether oxygens (including phenoxy) is 1. The van der Waals surface area contributed by atoms with Crippen molar-refractivity contribution in [3.63, 3.8) is 0 Å². The summed E-state index contributed by atoms with van der Waals surface area (Å²) in [5.74, 6) is -0.819. The molecule has 0 aromatic heterocycles. The first kappa shape index (κ1) is 21.8. The van der Waals surface area contributed by atoms with Crippen LogP contribution in [0, 0.1) is 0 Å². The van der Waals surface area contributed by atoms with Gasteiger partial charge in [-0.3, -0.25) is 4.79 Å². The number of rotatable bonds is 6. The average molecular weight is 440 g/mol. The summed E-state index contributed by atoms with van der Waals surface area (Å²) in [6.45, 7) is -0.378. The monoisotopic (exact) mass is 439 g/mol. The van der Waals surface area contributed by atoms with E-state index in [1.807, 2.05) is 0 Å². The number of sulfone groups is 1. The summed E-state index contributed by atoms with van der Waals surface area (Å²) >= 11 is 5.83. The molecule has 2 fully saturated rings. The normalized spacial score (nSPS) is 21.9. The third kappa shape index (κ3) is 6.31. The van der Waals surface area contributed by atoms with E-state index in [1.165, 1.54) is 6.08 Å². The number of carbonyl (C=O) groups is 2. The Bertz CT molecular complexity index is 860. The van der Waals surface area contributed by atoms with Crippen molar-refractivity contribution in [1.82, 2.24) is 4.90 Å². The van der Waals surface area contributed by atoms with Gasteiger partial charge in [0, 0.05) is 23.2 Å². The lowest BCUT2D eigenvalue weighted by Gasteiger charge is -2.38. The van der Waals surface area contributed by atoms with Crippen LogP contribution in [0.15, 0.2) is 30.3 Å². The zero-order chi connectivity index (χ0) is 20.9. The van der Waals surface area contributed by atoms with Crippen LogP contribution in [0.2, 0.25) is 5.02 Å². The van der Waals surface area contributed by atoms with Gasteiger partial charge in [0.1, 0.15) is 0 Å². The van der Waals surface area contributed by atoms with E-state index in [9.17, 15) is 18.0 Å². The van der Waals surface area contributed by atoms with Gasteiger partial charge in [-0.05, 0) is 43.0 Å². The third-order valence-corrected chi connectivity index (χ3v) is 7.48. The first-order chi connectivity index (χ1) is 13.8. The molecule has 8 heteroatoms.